The number of pyridine rings is 1. The molecule has 0 aromatic carbocycles. The van der Waals surface area contributed by atoms with E-state index in [4.69, 9.17) is 5.73 Å². The third-order valence-corrected chi connectivity index (χ3v) is 3.52. The summed E-state index contributed by atoms with van der Waals surface area (Å²) >= 11 is 0. The second-order valence-electron chi connectivity index (χ2n) is 5.13. The third-order valence-electron chi connectivity index (χ3n) is 3.52. The van der Waals surface area contributed by atoms with E-state index in [9.17, 15) is 0 Å². The topological polar surface area (TPSA) is 42.1 Å². The number of hydrogen-bond donors (Lipinski definition) is 1. The van der Waals surface area contributed by atoms with E-state index >= 15 is 0 Å². The first-order chi connectivity index (χ1) is 8.02. The van der Waals surface area contributed by atoms with Gasteiger partial charge in [-0.25, -0.2) is 0 Å². The Hall–Kier alpha value is -0.930. The average molecular weight is 235 g/mol. The molecule has 0 aliphatic heterocycles. The Morgan fingerprint density at radius 3 is 2.35 bits per heavy atom. The molecule has 0 aliphatic rings. The van der Waals surface area contributed by atoms with Crippen LogP contribution in [0, 0.1) is 5.92 Å². The van der Waals surface area contributed by atoms with Crippen molar-refractivity contribution in [1.29, 1.82) is 0 Å². The van der Waals surface area contributed by atoms with Gasteiger partial charge >= 0.3 is 0 Å². The Morgan fingerprint density at radius 2 is 1.82 bits per heavy atom. The number of nitrogens with zero attached hydrogens (tertiary/aromatic N) is 2. The fraction of sp³-hybridized carbons (Fsp3) is 0.643. The predicted octanol–water partition coefficient (Wildman–Crippen LogP) is 2.45. The molecule has 0 spiro atoms. The van der Waals surface area contributed by atoms with Gasteiger partial charge in [-0.15, -0.1) is 0 Å². The van der Waals surface area contributed by atoms with E-state index in [0.29, 0.717) is 18.0 Å². The van der Waals surface area contributed by atoms with Crippen molar-refractivity contribution in [2.24, 2.45) is 11.7 Å². The van der Waals surface area contributed by atoms with Crippen LogP contribution in [0.3, 0.4) is 0 Å². The van der Waals surface area contributed by atoms with Crippen LogP contribution in [0.4, 0.5) is 0 Å². The highest BCUT2D eigenvalue weighted by molar-refractivity contribution is 5.13. The van der Waals surface area contributed by atoms with Crippen LogP contribution in [0.15, 0.2) is 24.5 Å². The molecule has 1 rings (SSSR count). The smallest absolute Gasteiger partial charge is 0.0317 e. The van der Waals surface area contributed by atoms with Crippen LogP contribution < -0.4 is 5.73 Å². The minimum Gasteiger partial charge on any atom is -0.327 e. The second-order valence-corrected chi connectivity index (χ2v) is 5.13. The zero-order valence-electron chi connectivity index (χ0n) is 11.4. The van der Waals surface area contributed by atoms with Gasteiger partial charge in [0.05, 0.1) is 0 Å². The summed E-state index contributed by atoms with van der Waals surface area (Å²) in [6.07, 6.45) is 4.74. The van der Waals surface area contributed by atoms with Crippen molar-refractivity contribution in [3.63, 3.8) is 0 Å². The molecule has 0 aliphatic carbocycles. The van der Waals surface area contributed by atoms with Crippen LogP contribution >= 0.6 is 0 Å². The highest BCUT2D eigenvalue weighted by Gasteiger charge is 2.13. The predicted molar refractivity (Wildman–Crippen MR) is 72.7 cm³/mol. The summed E-state index contributed by atoms with van der Waals surface area (Å²) in [5, 5.41) is 0. The average Bonchev–Trinajstić information content (AvgIpc) is 2.35. The molecule has 1 aromatic heterocycles. The quantitative estimate of drug-likeness (QED) is 0.823. The highest BCUT2D eigenvalue weighted by atomic mass is 15.1. The third kappa shape index (κ3) is 4.44. The van der Waals surface area contributed by atoms with Gasteiger partial charge in [-0.3, -0.25) is 9.88 Å². The van der Waals surface area contributed by atoms with Crippen molar-refractivity contribution in [2.45, 2.75) is 39.3 Å². The maximum absolute atomic E-state index is 6.07. The standard InChI is InChI=1S/C14H25N3/c1-11(2)14(15)7-10-17(4)12(3)13-5-8-16-9-6-13/h5-6,8-9,11-12,14H,7,10,15H2,1-4H3. The Kier molecular flexibility index (Phi) is 5.59. The van der Waals surface area contributed by atoms with Crippen LogP contribution in [0.1, 0.15) is 38.8 Å². The fourth-order valence-electron chi connectivity index (χ4n) is 1.78. The maximum atomic E-state index is 6.07. The molecular formula is C14H25N3. The van der Waals surface area contributed by atoms with Gasteiger partial charge in [0.2, 0.25) is 0 Å². The zero-order chi connectivity index (χ0) is 12.8. The van der Waals surface area contributed by atoms with Gasteiger partial charge in [0.15, 0.2) is 0 Å². The van der Waals surface area contributed by atoms with E-state index in [0.717, 1.165) is 13.0 Å². The van der Waals surface area contributed by atoms with Crippen LogP contribution in [0.2, 0.25) is 0 Å². The van der Waals surface area contributed by atoms with E-state index < -0.39 is 0 Å². The monoisotopic (exact) mass is 235 g/mol. The van der Waals surface area contributed by atoms with Crippen LogP contribution in [-0.2, 0) is 0 Å². The molecule has 0 radical (unpaired) electrons. The summed E-state index contributed by atoms with van der Waals surface area (Å²) in [7, 11) is 2.15. The van der Waals surface area contributed by atoms with Gasteiger partial charge in [-0.1, -0.05) is 13.8 Å². The summed E-state index contributed by atoms with van der Waals surface area (Å²) in [4.78, 5) is 6.39. The lowest BCUT2D eigenvalue weighted by atomic mass is 10.0. The molecule has 2 atom stereocenters. The highest BCUT2D eigenvalue weighted by Crippen LogP contribution is 2.18. The van der Waals surface area contributed by atoms with Crippen LogP contribution in [0.5, 0.6) is 0 Å². The molecule has 17 heavy (non-hydrogen) atoms. The van der Waals surface area contributed by atoms with E-state index in [-0.39, 0.29) is 0 Å². The van der Waals surface area contributed by atoms with Gasteiger partial charge in [0.25, 0.3) is 0 Å². The van der Waals surface area contributed by atoms with E-state index in [2.05, 4.69) is 49.8 Å². The Balaban J connectivity index is 2.45. The maximum Gasteiger partial charge on any atom is 0.0317 e. The lowest BCUT2D eigenvalue weighted by Crippen LogP contribution is -2.32. The molecule has 3 heteroatoms. The van der Waals surface area contributed by atoms with Crippen molar-refractivity contribution in [3.8, 4) is 0 Å². The molecule has 1 heterocycles. The first-order valence-corrected chi connectivity index (χ1v) is 6.38. The minimum absolute atomic E-state index is 0.294. The summed E-state index contributed by atoms with van der Waals surface area (Å²) in [5.41, 5.74) is 7.37. The van der Waals surface area contributed by atoms with Gasteiger partial charge in [0.1, 0.15) is 0 Å². The number of hydrogen-bond acceptors (Lipinski definition) is 3. The zero-order valence-corrected chi connectivity index (χ0v) is 11.4. The largest absolute Gasteiger partial charge is 0.327 e. The minimum atomic E-state index is 0.294. The van der Waals surface area contributed by atoms with Crippen molar-refractivity contribution in [2.75, 3.05) is 13.6 Å². The van der Waals surface area contributed by atoms with E-state index in [1.807, 2.05) is 12.4 Å². The second kappa shape index (κ2) is 6.72. The molecule has 2 unspecified atom stereocenters. The van der Waals surface area contributed by atoms with Crippen molar-refractivity contribution >= 4 is 0 Å². The van der Waals surface area contributed by atoms with Crippen molar-refractivity contribution in [3.05, 3.63) is 30.1 Å². The SMILES string of the molecule is CC(C)C(N)CCN(C)C(C)c1ccncc1. The van der Waals surface area contributed by atoms with Gasteiger partial charge in [-0.2, -0.15) is 0 Å². The van der Waals surface area contributed by atoms with Crippen LogP contribution in [-0.4, -0.2) is 29.5 Å². The molecule has 1 aromatic rings. The summed E-state index contributed by atoms with van der Waals surface area (Å²) in [6.45, 7) is 7.60. The summed E-state index contributed by atoms with van der Waals surface area (Å²) in [5.74, 6) is 0.555. The molecule has 0 amide bonds. The molecule has 96 valence electrons. The van der Waals surface area contributed by atoms with Crippen molar-refractivity contribution < 1.29 is 0 Å². The first-order valence-electron chi connectivity index (χ1n) is 6.38. The van der Waals surface area contributed by atoms with Gasteiger partial charge < -0.3 is 5.73 Å². The fourth-order valence-corrected chi connectivity index (χ4v) is 1.78. The van der Waals surface area contributed by atoms with Gasteiger partial charge in [0, 0.05) is 24.5 Å². The lowest BCUT2D eigenvalue weighted by molar-refractivity contribution is 0.243. The van der Waals surface area contributed by atoms with Gasteiger partial charge in [-0.05, 0) is 50.6 Å². The number of nitrogens with two attached hydrogens (primary N) is 1. The normalized spacial score (nSPS) is 15.2. The Labute approximate surface area is 105 Å². The molecule has 0 saturated heterocycles. The number of aromatic nitrogens is 1. The Morgan fingerprint density at radius 1 is 1.24 bits per heavy atom. The lowest BCUT2D eigenvalue weighted by Gasteiger charge is -2.27. The summed E-state index contributed by atoms with van der Waals surface area (Å²) in [6, 6.07) is 4.85. The molecule has 2 N–H and O–H groups in total. The van der Waals surface area contributed by atoms with E-state index in [1.165, 1.54) is 5.56 Å². The van der Waals surface area contributed by atoms with Crippen LogP contribution in [0.25, 0.3) is 0 Å². The molecule has 0 saturated carbocycles. The molecule has 0 fully saturated rings. The molecule has 0 bridgehead atoms. The van der Waals surface area contributed by atoms with Crippen molar-refractivity contribution in [1.82, 2.24) is 9.88 Å². The molecular weight excluding hydrogens is 210 g/mol. The van der Waals surface area contributed by atoms with E-state index in [1.54, 1.807) is 0 Å². The molecule has 3 nitrogen and oxygen atoms in total. The first kappa shape index (κ1) is 14.1. The summed E-state index contributed by atoms with van der Waals surface area (Å²) < 4.78 is 0. The Bertz CT molecular complexity index is 311. The number of rotatable bonds is 6.